The van der Waals surface area contributed by atoms with Crippen LogP contribution < -0.4 is 21.7 Å². The zero-order chi connectivity index (χ0) is 29.4. The fraction of sp³-hybridized carbons (Fsp3) is 0.333. The first-order valence-electron chi connectivity index (χ1n) is 12.5. The standard InChI is InChI=1S/C27H33N5O7S/c1-14(33)23(28)26(37)31-20(10-15-6-8-17(34)9-7-15)24(35)30-21(25(36)32-22(13-40)27(38)39)11-16-12-29-19-5-3-2-4-18(16)19/h2-9,12,14,20-23,29,33-34,40H,10-11,13,28H2,1H3,(H,30,35)(H,31,37)(H,32,36)(H,38,39). The van der Waals surface area contributed by atoms with Crippen LogP contribution in [0.2, 0.25) is 0 Å². The summed E-state index contributed by atoms with van der Waals surface area (Å²) in [5.41, 5.74) is 7.85. The maximum absolute atomic E-state index is 13.5. The molecule has 0 saturated heterocycles. The Morgan fingerprint density at radius 1 is 0.900 bits per heavy atom. The summed E-state index contributed by atoms with van der Waals surface area (Å²) in [6.45, 7) is 1.33. The number of hydrogen-bond donors (Lipinski definition) is 9. The van der Waals surface area contributed by atoms with Crippen LogP contribution in [0, 0.1) is 0 Å². The third-order valence-electron chi connectivity index (χ3n) is 6.36. The number of benzene rings is 2. The molecule has 2 aromatic carbocycles. The molecule has 3 amide bonds. The molecule has 0 fully saturated rings. The number of phenolic OH excluding ortho intramolecular Hbond substituents is 1. The van der Waals surface area contributed by atoms with Gasteiger partial charge in [0, 0.05) is 35.7 Å². The smallest absolute Gasteiger partial charge is 0.327 e. The predicted octanol–water partition coefficient (Wildman–Crippen LogP) is -0.164. The fourth-order valence-corrected chi connectivity index (χ4v) is 4.27. The van der Waals surface area contributed by atoms with Gasteiger partial charge < -0.3 is 42.0 Å². The van der Waals surface area contributed by atoms with Crippen LogP contribution in [0.3, 0.4) is 0 Å². The Bertz CT molecular complexity index is 1340. The molecule has 0 radical (unpaired) electrons. The molecule has 214 valence electrons. The molecule has 0 aliphatic rings. The van der Waals surface area contributed by atoms with Crippen molar-refractivity contribution in [2.75, 3.05) is 5.75 Å². The van der Waals surface area contributed by atoms with E-state index in [0.717, 1.165) is 10.9 Å². The molecule has 13 heteroatoms. The average molecular weight is 572 g/mol. The minimum atomic E-state index is -1.31. The van der Waals surface area contributed by atoms with Crippen LogP contribution in [0.15, 0.2) is 54.7 Å². The largest absolute Gasteiger partial charge is 0.508 e. The number of nitrogens with one attached hydrogen (secondary N) is 4. The molecule has 0 spiro atoms. The summed E-state index contributed by atoms with van der Waals surface area (Å²) in [5.74, 6) is -3.73. The number of aliphatic hydroxyl groups is 1. The zero-order valence-electron chi connectivity index (χ0n) is 21.7. The first-order valence-corrected chi connectivity index (χ1v) is 13.1. The van der Waals surface area contributed by atoms with Crippen LogP contribution >= 0.6 is 12.6 Å². The Hall–Kier alpha value is -4.07. The van der Waals surface area contributed by atoms with Gasteiger partial charge in [0.2, 0.25) is 17.7 Å². The number of thiol groups is 1. The number of aromatic nitrogens is 1. The van der Waals surface area contributed by atoms with Gasteiger partial charge in [-0.3, -0.25) is 14.4 Å². The Balaban J connectivity index is 1.90. The van der Waals surface area contributed by atoms with Crippen molar-refractivity contribution in [3.8, 4) is 5.75 Å². The van der Waals surface area contributed by atoms with Crippen LogP contribution in [0.1, 0.15) is 18.1 Å². The van der Waals surface area contributed by atoms with Crippen LogP contribution in [-0.2, 0) is 32.0 Å². The zero-order valence-corrected chi connectivity index (χ0v) is 22.6. The number of para-hydroxylation sites is 1. The van der Waals surface area contributed by atoms with Gasteiger partial charge in [-0.15, -0.1) is 0 Å². The number of aromatic amines is 1. The molecular formula is C27H33N5O7S. The van der Waals surface area contributed by atoms with Crippen LogP contribution in [0.4, 0.5) is 0 Å². The summed E-state index contributed by atoms with van der Waals surface area (Å²) in [5, 5.41) is 37.1. The molecule has 0 aliphatic carbocycles. The second kappa shape index (κ2) is 13.8. The number of carboxylic acid groups (broad SMARTS) is 1. The number of amides is 3. The van der Waals surface area contributed by atoms with Gasteiger partial charge in [0.25, 0.3) is 0 Å². The lowest BCUT2D eigenvalue weighted by molar-refractivity contribution is -0.141. The lowest BCUT2D eigenvalue weighted by Crippen LogP contribution is -2.59. The van der Waals surface area contributed by atoms with Gasteiger partial charge in [-0.05, 0) is 36.2 Å². The minimum absolute atomic E-state index is 0.00750. The SMILES string of the molecule is CC(O)C(N)C(=O)NC(Cc1ccc(O)cc1)C(=O)NC(Cc1c[nH]c2ccccc12)C(=O)NC(CS)C(=O)O. The van der Waals surface area contributed by atoms with Crippen LogP contribution in [0.5, 0.6) is 5.75 Å². The highest BCUT2D eigenvalue weighted by molar-refractivity contribution is 7.80. The summed E-state index contributed by atoms with van der Waals surface area (Å²) >= 11 is 3.99. The monoisotopic (exact) mass is 571 g/mol. The van der Waals surface area contributed by atoms with E-state index in [0.29, 0.717) is 11.1 Å². The third-order valence-corrected chi connectivity index (χ3v) is 6.73. The molecule has 40 heavy (non-hydrogen) atoms. The quantitative estimate of drug-likeness (QED) is 0.126. The molecule has 0 aliphatic heterocycles. The van der Waals surface area contributed by atoms with E-state index in [1.807, 2.05) is 24.3 Å². The third kappa shape index (κ3) is 7.97. The van der Waals surface area contributed by atoms with Crippen LogP contribution in [0.25, 0.3) is 10.9 Å². The number of H-pyrrole nitrogens is 1. The lowest BCUT2D eigenvalue weighted by atomic mass is 10.0. The average Bonchev–Trinajstić information content (AvgIpc) is 3.33. The molecule has 3 rings (SSSR count). The topological polar surface area (TPSA) is 207 Å². The summed E-state index contributed by atoms with van der Waals surface area (Å²) in [6.07, 6.45) is 0.488. The number of carbonyl (C=O) groups excluding carboxylic acids is 3. The highest BCUT2D eigenvalue weighted by Gasteiger charge is 2.31. The number of carboxylic acids is 1. The van der Waals surface area contributed by atoms with Crippen molar-refractivity contribution in [2.45, 2.75) is 50.0 Å². The highest BCUT2D eigenvalue weighted by Crippen LogP contribution is 2.19. The molecule has 5 unspecified atom stereocenters. The summed E-state index contributed by atoms with van der Waals surface area (Å²) in [4.78, 5) is 54.1. The number of aliphatic carboxylic acids is 1. The second-order valence-corrected chi connectivity index (χ2v) is 9.77. The molecule has 0 saturated carbocycles. The summed E-state index contributed by atoms with van der Waals surface area (Å²) in [7, 11) is 0. The van der Waals surface area contributed by atoms with Crippen molar-refractivity contribution in [2.24, 2.45) is 5.73 Å². The van der Waals surface area contributed by atoms with E-state index >= 15 is 0 Å². The number of aromatic hydroxyl groups is 1. The number of nitrogens with two attached hydrogens (primary N) is 1. The molecule has 1 heterocycles. The van der Waals surface area contributed by atoms with Crippen molar-refractivity contribution in [1.29, 1.82) is 0 Å². The summed E-state index contributed by atoms with van der Waals surface area (Å²) < 4.78 is 0. The molecule has 5 atom stereocenters. The van der Waals surface area contributed by atoms with Gasteiger partial charge >= 0.3 is 5.97 Å². The van der Waals surface area contributed by atoms with Crippen molar-refractivity contribution >= 4 is 47.2 Å². The normalized spacial score (nSPS) is 14.9. The van der Waals surface area contributed by atoms with E-state index in [-0.39, 0.29) is 24.3 Å². The Labute approximate surface area is 235 Å². The predicted molar refractivity (Wildman–Crippen MR) is 151 cm³/mol. The molecule has 0 bridgehead atoms. The number of fused-ring (bicyclic) bond motifs is 1. The van der Waals surface area contributed by atoms with Gasteiger partial charge in [-0.1, -0.05) is 30.3 Å². The number of rotatable bonds is 13. The van der Waals surface area contributed by atoms with Crippen molar-refractivity contribution < 1.29 is 34.5 Å². The van der Waals surface area contributed by atoms with Gasteiger partial charge in [-0.2, -0.15) is 12.6 Å². The van der Waals surface area contributed by atoms with E-state index in [1.54, 1.807) is 18.3 Å². The number of carbonyl (C=O) groups is 4. The minimum Gasteiger partial charge on any atom is -0.508 e. The van der Waals surface area contributed by atoms with E-state index in [4.69, 9.17) is 5.73 Å². The highest BCUT2D eigenvalue weighted by atomic mass is 32.1. The molecule has 9 N–H and O–H groups in total. The Morgan fingerprint density at radius 2 is 1.48 bits per heavy atom. The van der Waals surface area contributed by atoms with E-state index < -0.39 is 54.0 Å². The first kappa shape index (κ1) is 30.5. The van der Waals surface area contributed by atoms with E-state index in [2.05, 4.69) is 33.6 Å². The number of aliphatic hydroxyl groups excluding tert-OH is 1. The molecule has 3 aromatic rings. The van der Waals surface area contributed by atoms with Crippen molar-refractivity contribution in [3.63, 3.8) is 0 Å². The lowest BCUT2D eigenvalue weighted by Gasteiger charge is -2.25. The second-order valence-electron chi connectivity index (χ2n) is 9.40. The Kier molecular flexibility index (Phi) is 10.5. The van der Waals surface area contributed by atoms with Gasteiger partial charge in [0.1, 0.15) is 29.9 Å². The Morgan fingerprint density at radius 3 is 2.08 bits per heavy atom. The van der Waals surface area contributed by atoms with Crippen LogP contribution in [-0.4, -0.2) is 80.0 Å². The molecule has 1 aromatic heterocycles. The van der Waals surface area contributed by atoms with Gasteiger partial charge in [0.05, 0.1) is 6.10 Å². The summed E-state index contributed by atoms with van der Waals surface area (Å²) in [6, 6.07) is 8.28. The number of phenols is 1. The van der Waals surface area contributed by atoms with Gasteiger partial charge in [0.15, 0.2) is 0 Å². The molecule has 12 nitrogen and oxygen atoms in total. The molecular weight excluding hydrogens is 538 g/mol. The number of hydrogen-bond acceptors (Lipinski definition) is 8. The van der Waals surface area contributed by atoms with Crippen molar-refractivity contribution in [3.05, 3.63) is 65.9 Å². The fourth-order valence-electron chi connectivity index (χ4n) is 4.02. The van der Waals surface area contributed by atoms with E-state index in [1.165, 1.54) is 19.1 Å². The maximum atomic E-state index is 13.5. The maximum Gasteiger partial charge on any atom is 0.327 e. The van der Waals surface area contributed by atoms with Gasteiger partial charge in [-0.25, -0.2) is 4.79 Å². The van der Waals surface area contributed by atoms with E-state index in [9.17, 15) is 34.5 Å². The first-order chi connectivity index (χ1) is 19.0. The van der Waals surface area contributed by atoms with Crippen molar-refractivity contribution in [1.82, 2.24) is 20.9 Å².